The maximum Gasteiger partial charge on any atom is 0.220 e. The van der Waals surface area contributed by atoms with Crippen LogP contribution in [0.5, 0.6) is 0 Å². The number of aromatic amines is 1. The van der Waals surface area contributed by atoms with Crippen LogP contribution < -0.4 is 5.32 Å². The number of rotatable bonds is 2. The predicted octanol–water partition coefficient (Wildman–Crippen LogP) is 2.83. The van der Waals surface area contributed by atoms with Crippen molar-refractivity contribution in [3.63, 3.8) is 0 Å². The average molecular weight is 277 g/mol. The summed E-state index contributed by atoms with van der Waals surface area (Å²) in [6.07, 6.45) is 4.36. The third-order valence-corrected chi connectivity index (χ3v) is 4.10. The van der Waals surface area contributed by atoms with Crippen molar-refractivity contribution in [1.82, 2.24) is 15.3 Å². The van der Waals surface area contributed by atoms with Crippen molar-refractivity contribution in [3.05, 3.63) is 54.4 Å². The molecule has 4 rings (SSSR count). The second kappa shape index (κ2) is 4.74. The van der Waals surface area contributed by atoms with Crippen molar-refractivity contribution in [3.8, 4) is 11.1 Å². The number of nitrogens with one attached hydrogen (secondary N) is 2. The number of hydrogen-bond acceptors (Lipinski definition) is 2. The molecular weight excluding hydrogens is 262 g/mol. The van der Waals surface area contributed by atoms with E-state index in [0.717, 1.165) is 28.7 Å². The van der Waals surface area contributed by atoms with Gasteiger partial charge in [0.25, 0.3) is 0 Å². The lowest BCUT2D eigenvalue weighted by Gasteiger charge is -2.09. The van der Waals surface area contributed by atoms with Gasteiger partial charge in [0, 0.05) is 42.2 Å². The monoisotopic (exact) mass is 277 g/mol. The highest BCUT2D eigenvalue weighted by molar-refractivity contribution is 5.93. The Morgan fingerprint density at radius 2 is 2.14 bits per heavy atom. The largest absolute Gasteiger partial charge is 0.355 e. The standard InChI is InChI=1S/C17H15N3O/c21-16-8-13(9-19-16)11-3-1-4-12(7-11)15-10-20-17-14(15)5-2-6-18-17/h1-7,10,13H,8-9H2,(H,18,20)(H,19,21). The third-order valence-electron chi connectivity index (χ3n) is 4.10. The Kier molecular flexibility index (Phi) is 2.74. The quantitative estimate of drug-likeness (QED) is 0.756. The van der Waals surface area contributed by atoms with Crippen LogP contribution in [0.1, 0.15) is 17.9 Å². The minimum Gasteiger partial charge on any atom is -0.355 e. The Bertz CT molecular complexity index is 822. The molecule has 4 heteroatoms. The van der Waals surface area contributed by atoms with E-state index in [1.165, 1.54) is 5.56 Å². The summed E-state index contributed by atoms with van der Waals surface area (Å²) in [5.74, 6) is 0.419. The Hall–Kier alpha value is -2.62. The van der Waals surface area contributed by atoms with Crippen molar-refractivity contribution in [2.75, 3.05) is 6.54 Å². The lowest BCUT2D eigenvalue weighted by Crippen LogP contribution is -2.13. The number of benzene rings is 1. The van der Waals surface area contributed by atoms with Crippen LogP contribution in [0.3, 0.4) is 0 Å². The first-order valence-corrected chi connectivity index (χ1v) is 7.10. The maximum atomic E-state index is 11.4. The van der Waals surface area contributed by atoms with Crippen molar-refractivity contribution in [1.29, 1.82) is 0 Å². The van der Waals surface area contributed by atoms with Gasteiger partial charge in [-0.15, -0.1) is 0 Å². The second-order valence-corrected chi connectivity index (χ2v) is 5.43. The molecule has 0 radical (unpaired) electrons. The van der Waals surface area contributed by atoms with Crippen LogP contribution in [-0.2, 0) is 4.79 Å². The van der Waals surface area contributed by atoms with Gasteiger partial charge in [0.15, 0.2) is 0 Å². The summed E-state index contributed by atoms with van der Waals surface area (Å²) in [5, 5.41) is 4.02. The molecule has 1 aromatic carbocycles. The normalized spacial score (nSPS) is 18.1. The van der Waals surface area contributed by atoms with Crippen molar-refractivity contribution < 1.29 is 4.79 Å². The van der Waals surface area contributed by atoms with Crippen molar-refractivity contribution >= 4 is 16.9 Å². The summed E-state index contributed by atoms with van der Waals surface area (Å²) < 4.78 is 0. The molecule has 0 spiro atoms. The van der Waals surface area contributed by atoms with Crippen LogP contribution in [0, 0.1) is 0 Å². The van der Waals surface area contributed by atoms with Gasteiger partial charge in [-0.05, 0) is 23.3 Å². The van der Waals surface area contributed by atoms with Gasteiger partial charge >= 0.3 is 0 Å². The van der Waals surface area contributed by atoms with E-state index in [2.05, 4.69) is 45.6 Å². The maximum absolute atomic E-state index is 11.4. The van der Waals surface area contributed by atoms with E-state index in [0.29, 0.717) is 6.42 Å². The Labute approximate surface area is 122 Å². The first-order valence-electron chi connectivity index (χ1n) is 7.10. The number of fused-ring (bicyclic) bond motifs is 1. The molecule has 0 bridgehead atoms. The molecule has 2 N–H and O–H groups in total. The van der Waals surface area contributed by atoms with Crippen molar-refractivity contribution in [2.24, 2.45) is 0 Å². The molecule has 1 saturated heterocycles. The Morgan fingerprint density at radius 1 is 1.19 bits per heavy atom. The SMILES string of the molecule is O=C1CC(c2cccc(-c3c[nH]c4ncccc34)c2)CN1. The fraction of sp³-hybridized carbons (Fsp3) is 0.176. The predicted molar refractivity (Wildman–Crippen MR) is 81.9 cm³/mol. The van der Waals surface area contributed by atoms with Gasteiger partial charge in [-0.2, -0.15) is 0 Å². The highest BCUT2D eigenvalue weighted by Gasteiger charge is 2.23. The van der Waals surface area contributed by atoms with Crippen molar-refractivity contribution in [2.45, 2.75) is 12.3 Å². The molecule has 1 amide bonds. The number of hydrogen-bond donors (Lipinski definition) is 2. The first kappa shape index (κ1) is 12.1. The molecule has 1 aliphatic heterocycles. The number of amides is 1. The molecule has 2 aromatic heterocycles. The highest BCUT2D eigenvalue weighted by atomic mass is 16.1. The summed E-state index contributed by atoms with van der Waals surface area (Å²) in [5.41, 5.74) is 4.42. The zero-order valence-corrected chi connectivity index (χ0v) is 11.5. The molecular formula is C17H15N3O. The minimum atomic E-state index is 0.140. The van der Waals surface area contributed by atoms with Gasteiger partial charge in [-0.3, -0.25) is 4.79 Å². The summed E-state index contributed by atoms with van der Waals surface area (Å²) in [7, 11) is 0. The third kappa shape index (κ3) is 2.09. The van der Waals surface area contributed by atoms with E-state index in [4.69, 9.17) is 0 Å². The molecule has 1 unspecified atom stereocenters. The molecule has 3 aromatic rings. The molecule has 1 aliphatic rings. The first-order chi connectivity index (χ1) is 10.3. The van der Waals surface area contributed by atoms with Gasteiger partial charge in [-0.25, -0.2) is 4.98 Å². The van der Waals surface area contributed by atoms with E-state index in [1.807, 2.05) is 12.3 Å². The van der Waals surface area contributed by atoms with Crippen LogP contribution >= 0.6 is 0 Å². The Morgan fingerprint density at radius 3 is 3.00 bits per heavy atom. The highest BCUT2D eigenvalue weighted by Crippen LogP contribution is 2.31. The molecule has 4 nitrogen and oxygen atoms in total. The summed E-state index contributed by atoms with van der Waals surface area (Å²) in [6.45, 7) is 0.734. The van der Waals surface area contributed by atoms with Gasteiger partial charge in [0.05, 0.1) is 0 Å². The van der Waals surface area contributed by atoms with Crippen LogP contribution in [0.15, 0.2) is 48.8 Å². The molecule has 3 heterocycles. The lowest BCUT2D eigenvalue weighted by molar-refractivity contribution is -0.119. The van der Waals surface area contributed by atoms with Gasteiger partial charge in [-0.1, -0.05) is 24.3 Å². The number of carbonyl (C=O) groups is 1. The Balaban J connectivity index is 1.77. The average Bonchev–Trinajstić information content (AvgIpc) is 3.13. The molecule has 1 atom stereocenters. The van der Waals surface area contributed by atoms with Gasteiger partial charge in [0.1, 0.15) is 5.65 Å². The van der Waals surface area contributed by atoms with Crippen LogP contribution in [0.4, 0.5) is 0 Å². The number of pyridine rings is 1. The van der Waals surface area contributed by atoms with Crippen LogP contribution in [0.2, 0.25) is 0 Å². The zero-order chi connectivity index (χ0) is 14.2. The van der Waals surface area contributed by atoms with Crippen LogP contribution in [0.25, 0.3) is 22.2 Å². The van der Waals surface area contributed by atoms with E-state index >= 15 is 0 Å². The number of H-pyrrole nitrogens is 1. The van der Waals surface area contributed by atoms with E-state index < -0.39 is 0 Å². The van der Waals surface area contributed by atoms with E-state index in [1.54, 1.807) is 6.20 Å². The molecule has 1 fully saturated rings. The molecule has 0 saturated carbocycles. The topological polar surface area (TPSA) is 57.8 Å². The van der Waals surface area contributed by atoms with Crippen LogP contribution in [-0.4, -0.2) is 22.4 Å². The number of nitrogens with zero attached hydrogens (tertiary/aromatic N) is 1. The van der Waals surface area contributed by atoms with E-state index in [-0.39, 0.29) is 11.8 Å². The van der Waals surface area contributed by atoms with Gasteiger partial charge in [0.2, 0.25) is 5.91 Å². The number of carbonyl (C=O) groups excluding carboxylic acids is 1. The summed E-state index contributed by atoms with van der Waals surface area (Å²) in [6, 6.07) is 12.5. The van der Waals surface area contributed by atoms with E-state index in [9.17, 15) is 4.79 Å². The lowest BCUT2D eigenvalue weighted by atomic mass is 9.94. The molecule has 104 valence electrons. The summed E-state index contributed by atoms with van der Waals surface area (Å²) >= 11 is 0. The fourth-order valence-corrected chi connectivity index (χ4v) is 3.00. The second-order valence-electron chi connectivity index (χ2n) is 5.43. The molecule has 21 heavy (non-hydrogen) atoms. The number of aromatic nitrogens is 2. The molecule has 0 aliphatic carbocycles. The summed E-state index contributed by atoms with van der Waals surface area (Å²) in [4.78, 5) is 18.9. The van der Waals surface area contributed by atoms with Gasteiger partial charge < -0.3 is 10.3 Å². The smallest absolute Gasteiger partial charge is 0.220 e. The fourth-order valence-electron chi connectivity index (χ4n) is 3.00. The zero-order valence-electron chi connectivity index (χ0n) is 11.5. The minimum absolute atomic E-state index is 0.140.